The second-order valence-corrected chi connectivity index (χ2v) is 5.86. The van der Waals surface area contributed by atoms with Gasteiger partial charge < -0.3 is 15.3 Å². The fraction of sp³-hybridized carbons (Fsp3) is 0.400. The molecular formula is C15H17FN6O3. The highest BCUT2D eigenvalue weighted by Crippen LogP contribution is 2.21. The fourth-order valence-electron chi connectivity index (χ4n) is 2.77. The Hall–Kier alpha value is -3.04. The van der Waals surface area contributed by atoms with Gasteiger partial charge in [-0.25, -0.2) is 9.18 Å². The number of carbonyl (C=O) groups is 2. The number of hydrogen-bond acceptors (Lipinski definition) is 5. The van der Waals surface area contributed by atoms with E-state index < -0.39 is 23.7 Å². The number of piperidine rings is 1. The molecule has 1 atom stereocenters. The number of aromatic nitrogens is 4. The first-order valence-electron chi connectivity index (χ1n) is 7.79. The van der Waals surface area contributed by atoms with Crippen molar-refractivity contribution in [3.63, 3.8) is 0 Å². The topological polar surface area (TPSA) is 113 Å². The van der Waals surface area contributed by atoms with E-state index in [-0.39, 0.29) is 12.2 Å². The molecule has 1 aliphatic rings. The first-order valence-corrected chi connectivity index (χ1v) is 7.79. The second kappa shape index (κ2) is 6.83. The summed E-state index contributed by atoms with van der Waals surface area (Å²) >= 11 is 0. The number of nitrogens with one attached hydrogen (secondary N) is 1. The van der Waals surface area contributed by atoms with Gasteiger partial charge in [-0.1, -0.05) is 0 Å². The van der Waals surface area contributed by atoms with Crippen LogP contribution in [0.3, 0.4) is 0 Å². The van der Waals surface area contributed by atoms with Crippen molar-refractivity contribution in [1.29, 1.82) is 0 Å². The Kier molecular flexibility index (Phi) is 4.59. The minimum absolute atomic E-state index is 0.113. The maximum absolute atomic E-state index is 14.0. The summed E-state index contributed by atoms with van der Waals surface area (Å²) < 4.78 is 15.3. The molecule has 1 saturated heterocycles. The summed E-state index contributed by atoms with van der Waals surface area (Å²) in [4.78, 5) is 24.9. The van der Waals surface area contributed by atoms with Crippen LogP contribution in [0.15, 0.2) is 18.2 Å². The molecule has 9 nitrogen and oxygen atoms in total. The standard InChI is InChI=1S/C15H17FN6O3/c1-9-18-19-20-22(9)13-7-11(4-5-12(13)16)17-15(25)21-6-2-3-10(8-21)14(23)24/h4-5,7,10H,2-3,6,8H2,1H3,(H,17,25)(H,23,24). The molecule has 10 heteroatoms. The van der Waals surface area contributed by atoms with Crippen molar-refractivity contribution < 1.29 is 19.1 Å². The van der Waals surface area contributed by atoms with Gasteiger partial charge in [0.1, 0.15) is 11.5 Å². The molecule has 2 heterocycles. The van der Waals surface area contributed by atoms with Crippen LogP contribution < -0.4 is 5.32 Å². The lowest BCUT2D eigenvalue weighted by Gasteiger charge is -2.30. The first-order chi connectivity index (χ1) is 12.0. The number of nitrogens with zero attached hydrogens (tertiary/aromatic N) is 5. The van der Waals surface area contributed by atoms with Gasteiger partial charge in [-0.3, -0.25) is 4.79 Å². The van der Waals surface area contributed by atoms with Crippen molar-refractivity contribution in [2.45, 2.75) is 19.8 Å². The third kappa shape index (κ3) is 3.57. The van der Waals surface area contributed by atoms with Crippen LogP contribution in [0.1, 0.15) is 18.7 Å². The van der Waals surface area contributed by atoms with Crippen LogP contribution in [-0.4, -0.2) is 55.3 Å². The summed E-state index contributed by atoms with van der Waals surface area (Å²) in [5.74, 6) is -1.59. The maximum Gasteiger partial charge on any atom is 0.321 e. The Labute approximate surface area is 142 Å². The molecule has 3 rings (SSSR count). The molecule has 2 N–H and O–H groups in total. The molecule has 1 unspecified atom stereocenters. The van der Waals surface area contributed by atoms with Gasteiger partial charge in [0.05, 0.1) is 5.92 Å². The van der Waals surface area contributed by atoms with E-state index in [1.54, 1.807) is 6.92 Å². The monoisotopic (exact) mass is 348 g/mol. The fourth-order valence-corrected chi connectivity index (χ4v) is 2.77. The quantitative estimate of drug-likeness (QED) is 0.868. The number of halogens is 1. The lowest BCUT2D eigenvalue weighted by Crippen LogP contribution is -2.44. The van der Waals surface area contributed by atoms with Gasteiger partial charge in [0.25, 0.3) is 0 Å². The van der Waals surface area contributed by atoms with E-state index in [2.05, 4.69) is 20.8 Å². The van der Waals surface area contributed by atoms with Crippen LogP contribution in [0.5, 0.6) is 0 Å². The minimum atomic E-state index is -0.907. The second-order valence-electron chi connectivity index (χ2n) is 5.86. The van der Waals surface area contributed by atoms with Gasteiger partial charge in [0, 0.05) is 18.8 Å². The number of amides is 2. The summed E-state index contributed by atoms with van der Waals surface area (Å²) in [5, 5.41) is 22.7. The Morgan fingerprint density at radius 3 is 2.88 bits per heavy atom. The largest absolute Gasteiger partial charge is 0.481 e. The summed E-state index contributed by atoms with van der Waals surface area (Å²) in [6, 6.07) is 3.64. The third-order valence-electron chi connectivity index (χ3n) is 4.11. The lowest BCUT2D eigenvalue weighted by atomic mass is 9.99. The highest BCUT2D eigenvalue weighted by molar-refractivity contribution is 5.90. The van der Waals surface area contributed by atoms with Crippen molar-refractivity contribution in [2.24, 2.45) is 5.92 Å². The van der Waals surface area contributed by atoms with Gasteiger partial charge in [-0.05, 0) is 48.4 Å². The molecule has 1 aromatic heterocycles. The number of hydrogen-bond donors (Lipinski definition) is 2. The van der Waals surface area contributed by atoms with Gasteiger partial charge in [-0.2, -0.15) is 4.68 Å². The summed E-state index contributed by atoms with van der Waals surface area (Å²) in [5.41, 5.74) is 0.483. The molecule has 0 aliphatic carbocycles. The van der Waals surface area contributed by atoms with E-state index in [4.69, 9.17) is 5.11 Å². The van der Waals surface area contributed by atoms with E-state index >= 15 is 0 Å². The van der Waals surface area contributed by atoms with Crippen LogP contribution >= 0.6 is 0 Å². The predicted molar refractivity (Wildman–Crippen MR) is 84.8 cm³/mol. The number of aliphatic carboxylic acids is 1. The SMILES string of the molecule is Cc1nnnn1-c1cc(NC(=O)N2CCCC(C(=O)O)C2)ccc1F. The van der Waals surface area contributed by atoms with Crippen molar-refractivity contribution >= 4 is 17.7 Å². The van der Waals surface area contributed by atoms with Gasteiger partial charge in [-0.15, -0.1) is 5.10 Å². The predicted octanol–water partition coefficient (Wildman–Crippen LogP) is 1.44. The van der Waals surface area contributed by atoms with Crippen LogP contribution in [-0.2, 0) is 4.79 Å². The number of likely N-dealkylation sites (tertiary alicyclic amines) is 1. The van der Waals surface area contributed by atoms with Crippen molar-refractivity contribution in [1.82, 2.24) is 25.1 Å². The van der Waals surface area contributed by atoms with E-state index in [0.29, 0.717) is 30.9 Å². The van der Waals surface area contributed by atoms with E-state index in [9.17, 15) is 14.0 Å². The molecular weight excluding hydrogens is 331 g/mol. The maximum atomic E-state index is 14.0. The van der Waals surface area contributed by atoms with Crippen molar-refractivity contribution in [3.8, 4) is 5.69 Å². The Morgan fingerprint density at radius 1 is 1.40 bits per heavy atom. The average Bonchev–Trinajstić information content (AvgIpc) is 3.02. The molecule has 25 heavy (non-hydrogen) atoms. The zero-order chi connectivity index (χ0) is 18.0. The molecule has 1 aromatic carbocycles. The molecule has 2 amide bonds. The van der Waals surface area contributed by atoms with Gasteiger partial charge in [0.2, 0.25) is 0 Å². The highest BCUT2D eigenvalue weighted by atomic mass is 19.1. The van der Waals surface area contributed by atoms with Crippen molar-refractivity contribution in [2.75, 3.05) is 18.4 Å². The molecule has 0 bridgehead atoms. The minimum Gasteiger partial charge on any atom is -0.481 e. The van der Waals surface area contributed by atoms with Crippen LogP contribution in [0.25, 0.3) is 5.69 Å². The normalized spacial score (nSPS) is 17.4. The number of anilines is 1. The smallest absolute Gasteiger partial charge is 0.321 e. The summed E-state index contributed by atoms with van der Waals surface area (Å²) in [6.07, 6.45) is 1.18. The van der Waals surface area contributed by atoms with Gasteiger partial charge in [0.15, 0.2) is 5.82 Å². The molecule has 0 spiro atoms. The third-order valence-corrected chi connectivity index (χ3v) is 4.11. The molecule has 0 saturated carbocycles. The number of rotatable bonds is 3. The van der Waals surface area contributed by atoms with E-state index in [1.807, 2.05) is 0 Å². The Balaban J connectivity index is 1.76. The van der Waals surface area contributed by atoms with E-state index in [0.717, 1.165) is 0 Å². The van der Waals surface area contributed by atoms with Crippen LogP contribution in [0.4, 0.5) is 14.9 Å². The van der Waals surface area contributed by atoms with Crippen LogP contribution in [0.2, 0.25) is 0 Å². The number of tetrazole rings is 1. The number of carboxylic acid groups (broad SMARTS) is 1. The summed E-state index contributed by atoms with van der Waals surface area (Å²) in [7, 11) is 0. The average molecular weight is 348 g/mol. The van der Waals surface area contributed by atoms with E-state index in [1.165, 1.54) is 27.8 Å². The molecule has 1 aliphatic heterocycles. The summed E-state index contributed by atoms with van der Waals surface area (Å²) in [6.45, 7) is 2.27. The number of aryl methyl sites for hydroxylation is 1. The Bertz CT molecular complexity index is 808. The number of carboxylic acids is 1. The zero-order valence-electron chi connectivity index (χ0n) is 13.5. The van der Waals surface area contributed by atoms with Crippen molar-refractivity contribution in [3.05, 3.63) is 29.8 Å². The number of carbonyl (C=O) groups excluding carboxylic acids is 1. The molecule has 132 valence electrons. The highest BCUT2D eigenvalue weighted by Gasteiger charge is 2.28. The first kappa shape index (κ1) is 16.8. The molecule has 1 fully saturated rings. The molecule has 2 aromatic rings. The van der Waals surface area contributed by atoms with Gasteiger partial charge >= 0.3 is 12.0 Å². The number of benzene rings is 1. The van der Waals surface area contributed by atoms with Crippen LogP contribution in [0, 0.1) is 18.7 Å². The zero-order valence-corrected chi connectivity index (χ0v) is 13.5. The lowest BCUT2D eigenvalue weighted by molar-refractivity contribution is -0.143. The number of urea groups is 1. The molecule has 0 radical (unpaired) electrons. The Morgan fingerprint density at radius 2 is 2.20 bits per heavy atom.